The van der Waals surface area contributed by atoms with E-state index in [-0.39, 0.29) is 0 Å². The van der Waals surface area contributed by atoms with Crippen molar-refractivity contribution in [1.82, 2.24) is 4.98 Å². The number of rotatable bonds is 1. The third-order valence-corrected chi connectivity index (χ3v) is 4.11. The monoisotopic (exact) mass is 290 g/mol. The van der Waals surface area contributed by atoms with Crippen LogP contribution in [0.2, 0.25) is 0 Å². The summed E-state index contributed by atoms with van der Waals surface area (Å²) in [5, 5.41) is 4.70. The number of aromatic nitrogens is 1. The van der Waals surface area contributed by atoms with Gasteiger partial charge in [0.15, 0.2) is 0 Å². The molecule has 6 heteroatoms. The van der Waals surface area contributed by atoms with Crippen molar-refractivity contribution in [3.8, 4) is 0 Å². The zero-order valence-corrected chi connectivity index (χ0v) is 13.6. The van der Waals surface area contributed by atoms with Gasteiger partial charge in [0.05, 0.1) is 5.00 Å². The van der Waals surface area contributed by atoms with Crippen molar-refractivity contribution in [2.24, 2.45) is 0 Å². The molecule has 4 nitrogen and oxygen atoms in total. The summed E-state index contributed by atoms with van der Waals surface area (Å²) < 4.78 is 5.28. The van der Waals surface area contributed by atoms with Gasteiger partial charge in [-0.1, -0.05) is 11.3 Å². The topological polar surface area (TPSA) is 51.2 Å². The van der Waals surface area contributed by atoms with Crippen molar-refractivity contribution in [2.45, 2.75) is 40.2 Å². The van der Waals surface area contributed by atoms with E-state index in [0.29, 0.717) is 0 Å². The molecule has 20 heavy (non-hydrogen) atoms. The Labute approximate surface area is 124 Å². The van der Waals surface area contributed by atoms with Crippen LogP contribution in [0, 0.1) is 13.8 Å². The first-order valence-electron chi connectivity index (χ1n) is 6.55. The molecule has 0 aromatic carbocycles. The predicted molar refractivity (Wildman–Crippen MR) is 87.1 cm³/mol. The lowest BCUT2D eigenvalue weighted by molar-refractivity contribution is 0.0636. The van der Waals surface area contributed by atoms with E-state index in [1.165, 1.54) is 11.3 Å². The zero-order chi connectivity index (χ0) is 15.1. The molecule has 2 aromatic rings. The summed E-state index contributed by atoms with van der Waals surface area (Å²) in [4.78, 5) is 17.4. The Morgan fingerprint density at radius 1 is 1.40 bits per heavy atom. The molecule has 106 valence electrons. The second-order valence-corrected chi connectivity index (χ2v) is 6.93. The van der Waals surface area contributed by atoms with Crippen LogP contribution in [0.25, 0.3) is 10.2 Å². The third-order valence-electron chi connectivity index (χ3n) is 2.99. The molecule has 2 heterocycles. The number of thiophene rings is 1. The van der Waals surface area contributed by atoms with Crippen molar-refractivity contribution >= 4 is 46.0 Å². The molecule has 2 rings (SSSR count). The standard InChI is InChI=1S/C14H19BN2O2S/c1-7-6-9-10(15)12(20-11(9)16-8(7)2)17-13(18)19-14(3,4)5/h6H,15H2,1-5H3,(H,17,18). The Hall–Kier alpha value is -1.56. The number of nitrogens with one attached hydrogen (secondary N) is 1. The van der Waals surface area contributed by atoms with Gasteiger partial charge in [0.25, 0.3) is 0 Å². The molecule has 1 amide bonds. The lowest BCUT2D eigenvalue weighted by atomic mass is 9.94. The molecule has 0 radical (unpaired) electrons. The Morgan fingerprint density at radius 2 is 2.05 bits per heavy atom. The highest BCUT2D eigenvalue weighted by atomic mass is 32.1. The van der Waals surface area contributed by atoms with Gasteiger partial charge in [-0.25, -0.2) is 9.78 Å². The van der Waals surface area contributed by atoms with Gasteiger partial charge in [-0.2, -0.15) is 0 Å². The van der Waals surface area contributed by atoms with Crippen LogP contribution in [0.5, 0.6) is 0 Å². The van der Waals surface area contributed by atoms with Crippen molar-refractivity contribution in [3.05, 3.63) is 17.3 Å². The number of pyridine rings is 1. The van der Waals surface area contributed by atoms with E-state index in [1.807, 2.05) is 42.5 Å². The predicted octanol–water partition coefficient (Wildman–Crippen LogP) is 2.52. The number of carbonyl (C=O) groups is 1. The van der Waals surface area contributed by atoms with E-state index in [4.69, 9.17) is 4.74 Å². The van der Waals surface area contributed by atoms with E-state index in [2.05, 4.69) is 16.4 Å². The Morgan fingerprint density at radius 3 is 2.65 bits per heavy atom. The van der Waals surface area contributed by atoms with Crippen molar-refractivity contribution in [2.75, 3.05) is 5.32 Å². The highest BCUT2D eigenvalue weighted by Gasteiger charge is 2.18. The molecule has 0 spiro atoms. The number of nitrogens with zero attached hydrogens (tertiary/aromatic N) is 1. The van der Waals surface area contributed by atoms with E-state index in [1.54, 1.807) is 0 Å². The van der Waals surface area contributed by atoms with Gasteiger partial charge in [0, 0.05) is 11.1 Å². The molecule has 0 aliphatic carbocycles. The van der Waals surface area contributed by atoms with Gasteiger partial charge in [0.2, 0.25) is 0 Å². The average molecular weight is 290 g/mol. The van der Waals surface area contributed by atoms with Crippen molar-refractivity contribution in [1.29, 1.82) is 0 Å². The third kappa shape index (κ3) is 3.12. The average Bonchev–Trinajstić information content (AvgIpc) is 2.55. The van der Waals surface area contributed by atoms with E-state index in [9.17, 15) is 4.79 Å². The number of aryl methyl sites for hydroxylation is 2. The maximum Gasteiger partial charge on any atom is 0.412 e. The summed E-state index contributed by atoms with van der Waals surface area (Å²) >= 11 is 1.48. The van der Waals surface area contributed by atoms with Crippen LogP contribution in [0.4, 0.5) is 9.80 Å². The maximum atomic E-state index is 11.8. The fourth-order valence-electron chi connectivity index (χ4n) is 1.84. The molecular weight excluding hydrogens is 271 g/mol. The quantitative estimate of drug-likeness (QED) is 0.821. The fraction of sp³-hybridized carbons (Fsp3) is 0.429. The summed E-state index contributed by atoms with van der Waals surface area (Å²) in [6.07, 6.45) is -0.430. The van der Waals surface area contributed by atoms with Crippen LogP contribution in [0.3, 0.4) is 0 Å². The van der Waals surface area contributed by atoms with Crippen LogP contribution < -0.4 is 10.8 Å². The molecule has 1 N–H and O–H groups in total. The number of hydrogen-bond acceptors (Lipinski definition) is 4. The van der Waals surface area contributed by atoms with Crippen LogP contribution in [0.1, 0.15) is 32.0 Å². The molecule has 0 saturated heterocycles. The number of fused-ring (bicyclic) bond motifs is 1. The highest BCUT2D eigenvalue weighted by molar-refractivity contribution is 7.24. The lowest BCUT2D eigenvalue weighted by Crippen LogP contribution is -2.28. The van der Waals surface area contributed by atoms with E-state index >= 15 is 0 Å². The summed E-state index contributed by atoms with van der Waals surface area (Å²) in [5.41, 5.74) is 2.70. The molecule has 0 unspecified atom stereocenters. The number of carbonyl (C=O) groups excluding carboxylic acids is 1. The SMILES string of the molecule is Bc1c(NC(=O)OC(C)(C)C)sc2nc(C)c(C)cc12. The number of ether oxygens (including phenoxy) is 1. The van der Waals surface area contributed by atoms with Crippen LogP contribution in [-0.4, -0.2) is 24.5 Å². The molecule has 0 atom stereocenters. The molecule has 0 bridgehead atoms. The van der Waals surface area contributed by atoms with E-state index in [0.717, 1.165) is 31.9 Å². The zero-order valence-electron chi connectivity index (χ0n) is 12.7. The first-order valence-corrected chi connectivity index (χ1v) is 7.36. The minimum Gasteiger partial charge on any atom is -0.444 e. The molecule has 2 aromatic heterocycles. The Kier molecular flexibility index (Phi) is 3.78. The minimum absolute atomic E-state index is 0.430. The molecular formula is C14H19BN2O2S. The highest BCUT2D eigenvalue weighted by Crippen LogP contribution is 2.27. The van der Waals surface area contributed by atoms with Crippen LogP contribution in [-0.2, 0) is 4.74 Å². The Bertz CT molecular complexity index is 674. The first kappa shape index (κ1) is 14.8. The minimum atomic E-state index is -0.500. The number of anilines is 1. The molecule has 0 aliphatic heterocycles. The normalized spacial score (nSPS) is 11.7. The molecule has 0 saturated carbocycles. The second-order valence-electron chi connectivity index (χ2n) is 5.93. The van der Waals surface area contributed by atoms with Gasteiger partial charge in [0.1, 0.15) is 18.3 Å². The summed E-state index contributed by atoms with van der Waals surface area (Å²) in [6.45, 7) is 9.57. The maximum absolute atomic E-state index is 11.8. The number of hydrogen-bond donors (Lipinski definition) is 1. The summed E-state index contributed by atoms with van der Waals surface area (Å²) in [5.74, 6) is 0. The van der Waals surface area contributed by atoms with Gasteiger partial charge < -0.3 is 4.74 Å². The molecule has 0 fully saturated rings. The number of amides is 1. The van der Waals surface area contributed by atoms with Gasteiger partial charge >= 0.3 is 6.09 Å². The van der Waals surface area contributed by atoms with E-state index < -0.39 is 11.7 Å². The Balaban J connectivity index is 2.32. The van der Waals surface area contributed by atoms with Crippen LogP contribution in [0.15, 0.2) is 6.07 Å². The largest absolute Gasteiger partial charge is 0.444 e. The van der Waals surface area contributed by atoms with Gasteiger partial charge in [-0.15, -0.1) is 0 Å². The lowest BCUT2D eigenvalue weighted by Gasteiger charge is -2.19. The van der Waals surface area contributed by atoms with Crippen LogP contribution >= 0.6 is 11.3 Å². The molecule has 0 aliphatic rings. The first-order chi connectivity index (χ1) is 9.17. The van der Waals surface area contributed by atoms with Crippen molar-refractivity contribution in [3.63, 3.8) is 0 Å². The fourth-order valence-corrected chi connectivity index (χ4v) is 2.94. The summed E-state index contributed by atoms with van der Waals surface area (Å²) in [6, 6.07) is 2.11. The van der Waals surface area contributed by atoms with Gasteiger partial charge in [-0.05, 0) is 51.7 Å². The van der Waals surface area contributed by atoms with Gasteiger partial charge in [-0.3, -0.25) is 5.32 Å². The smallest absolute Gasteiger partial charge is 0.412 e. The second kappa shape index (κ2) is 5.09. The van der Waals surface area contributed by atoms with Crippen molar-refractivity contribution < 1.29 is 9.53 Å². The summed E-state index contributed by atoms with van der Waals surface area (Å²) in [7, 11) is 1.99.